The normalized spacial score (nSPS) is 13.3. The molecule has 2 nitrogen and oxygen atoms in total. The minimum absolute atomic E-state index is 0.0807. The summed E-state index contributed by atoms with van der Waals surface area (Å²) < 4.78 is 0. The van der Waals surface area contributed by atoms with Crippen molar-refractivity contribution in [1.29, 1.82) is 0 Å². The summed E-state index contributed by atoms with van der Waals surface area (Å²) in [5.74, 6) is 0. The van der Waals surface area contributed by atoms with E-state index in [-0.39, 0.29) is 5.54 Å². The number of rotatable bonds is 9. The Kier molecular flexibility index (Phi) is 9.11. The largest absolute Gasteiger partial charge is 0.391 e. The van der Waals surface area contributed by atoms with Crippen molar-refractivity contribution in [3.05, 3.63) is 35.7 Å². The molecule has 0 aromatic heterocycles. The van der Waals surface area contributed by atoms with Crippen LogP contribution in [0.25, 0.3) is 0 Å². The van der Waals surface area contributed by atoms with Crippen molar-refractivity contribution in [2.75, 3.05) is 6.54 Å². The highest BCUT2D eigenvalue weighted by atomic mass is 15.0. The SMILES string of the molecule is C=C(CC/C(C)=C/NCCCC)/C(=C\C)NC(C)(C)C. The molecule has 0 spiro atoms. The van der Waals surface area contributed by atoms with E-state index in [1.54, 1.807) is 0 Å². The summed E-state index contributed by atoms with van der Waals surface area (Å²) in [6, 6.07) is 0. The van der Waals surface area contributed by atoms with E-state index in [2.05, 4.69) is 71.0 Å². The lowest BCUT2D eigenvalue weighted by Crippen LogP contribution is -2.35. The van der Waals surface area contributed by atoms with Gasteiger partial charge in [-0.1, -0.05) is 31.6 Å². The van der Waals surface area contributed by atoms with Crippen molar-refractivity contribution in [3.8, 4) is 0 Å². The van der Waals surface area contributed by atoms with Crippen LogP contribution in [0.15, 0.2) is 35.7 Å². The number of hydrogen-bond acceptors (Lipinski definition) is 2. The smallest absolute Gasteiger partial charge is 0.0327 e. The molecule has 0 aliphatic heterocycles. The van der Waals surface area contributed by atoms with Gasteiger partial charge in [0.1, 0.15) is 0 Å². The van der Waals surface area contributed by atoms with Crippen LogP contribution in [0.5, 0.6) is 0 Å². The van der Waals surface area contributed by atoms with Gasteiger partial charge in [0, 0.05) is 17.8 Å². The predicted molar refractivity (Wildman–Crippen MR) is 91.7 cm³/mol. The lowest BCUT2D eigenvalue weighted by molar-refractivity contribution is 0.474. The Bertz CT molecular complexity index is 343. The number of nitrogens with one attached hydrogen (secondary N) is 2. The first-order valence-electron chi connectivity index (χ1n) is 7.81. The quantitative estimate of drug-likeness (QED) is 0.462. The third-order valence-electron chi connectivity index (χ3n) is 3.02. The van der Waals surface area contributed by atoms with Crippen LogP contribution < -0.4 is 10.6 Å². The fourth-order valence-electron chi connectivity index (χ4n) is 1.85. The van der Waals surface area contributed by atoms with Crippen molar-refractivity contribution < 1.29 is 0 Å². The van der Waals surface area contributed by atoms with Crippen LogP contribution in [0.2, 0.25) is 0 Å². The summed E-state index contributed by atoms with van der Waals surface area (Å²) in [5.41, 5.74) is 3.82. The highest BCUT2D eigenvalue weighted by Gasteiger charge is 2.12. The van der Waals surface area contributed by atoms with Gasteiger partial charge < -0.3 is 10.6 Å². The summed E-state index contributed by atoms with van der Waals surface area (Å²) in [4.78, 5) is 0. The second kappa shape index (κ2) is 9.68. The molecule has 0 bridgehead atoms. The fourth-order valence-corrected chi connectivity index (χ4v) is 1.85. The van der Waals surface area contributed by atoms with Crippen molar-refractivity contribution >= 4 is 0 Å². The maximum absolute atomic E-state index is 4.21. The number of allylic oxidation sites excluding steroid dienone is 3. The van der Waals surface area contributed by atoms with Crippen LogP contribution in [0.1, 0.15) is 67.2 Å². The average Bonchev–Trinajstić information content (AvgIpc) is 2.37. The summed E-state index contributed by atoms with van der Waals surface area (Å²) in [7, 11) is 0. The first kappa shape index (κ1) is 18.8. The lowest BCUT2D eigenvalue weighted by Gasteiger charge is -2.25. The molecule has 0 fully saturated rings. The van der Waals surface area contributed by atoms with Crippen LogP contribution in [0.3, 0.4) is 0 Å². The second-order valence-electron chi connectivity index (χ2n) is 6.48. The van der Waals surface area contributed by atoms with Gasteiger partial charge in [-0.3, -0.25) is 0 Å². The van der Waals surface area contributed by atoms with E-state index in [4.69, 9.17) is 0 Å². The Morgan fingerprint density at radius 3 is 2.35 bits per heavy atom. The molecule has 0 saturated heterocycles. The van der Waals surface area contributed by atoms with Crippen LogP contribution in [0, 0.1) is 0 Å². The van der Waals surface area contributed by atoms with Crippen molar-refractivity contribution in [3.63, 3.8) is 0 Å². The monoisotopic (exact) mass is 278 g/mol. The predicted octanol–water partition coefficient (Wildman–Crippen LogP) is 4.91. The summed E-state index contributed by atoms with van der Waals surface area (Å²) in [6.07, 6.45) is 8.79. The van der Waals surface area contributed by atoms with Gasteiger partial charge in [0.2, 0.25) is 0 Å². The molecule has 0 aromatic rings. The van der Waals surface area contributed by atoms with E-state index in [9.17, 15) is 0 Å². The highest BCUT2D eigenvalue weighted by Crippen LogP contribution is 2.17. The number of hydrogen-bond donors (Lipinski definition) is 2. The Hall–Kier alpha value is -1.18. The molecule has 0 amide bonds. The third-order valence-corrected chi connectivity index (χ3v) is 3.02. The van der Waals surface area contributed by atoms with Crippen LogP contribution >= 0.6 is 0 Å². The zero-order chi connectivity index (χ0) is 15.6. The molecular formula is C18H34N2. The van der Waals surface area contributed by atoms with Crippen molar-refractivity contribution in [2.24, 2.45) is 0 Å². The molecule has 0 aliphatic rings. The molecule has 116 valence electrons. The Morgan fingerprint density at radius 1 is 1.20 bits per heavy atom. The summed E-state index contributed by atoms with van der Waals surface area (Å²) in [5, 5.41) is 6.89. The summed E-state index contributed by atoms with van der Waals surface area (Å²) in [6.45, 7) is 18.3. The van der Waals surface area contributed by atoms with Gasteiger partial charge in [-0.25, -0.2) is 0 Å². The fraction of sp³-hybridized carbons (Fsp3) is 0.667. The van der Waals surface area contributed by atoms with Gasteiger partial charge in [-0.15, -0.1) is 0 Å². The van der Waals surface area contributed by atoms with Gasteiger partial charge in [0.25, 0.3) is 0 Å². The molecule has 20 heavy (non-hydrogen) atoms. The second-order valence-corrected chi connectivity index (χ2v) is 6.48. The van der Waals surface area contributed by atoms with Crippen LogP contribution in [0.4, 0.5) is 0 Å². The Morgan fingerprint density at radius 2 is 1.85 bits per heavy atom. The highest BCUT2D eigenvalue weighted by molar-refractivity contribution is 5.28. The zero-order valence-electron chi connectivity index (χ0n) is 14.4. The molecule has 0 unspecified atom stereocenters. The molecule has 0 heterocycles. The van der Waals surface area contributed by atoms with Gasteiger partial charge in [0.15, 0.2) is 0 Å². The van der Waals surface area contributed by atoms with E-state index in [1.807, 2.05) is 0 Å². The summed E-state index contributed by atoms with van der Waals surface area (Å²) >= 11 is 0. The molecule has 2 N–H and O–H groups in total. The maximum Gasteiger partial charge on any atom is 0.0327 e. The standard InChI is InChI=1S/C18H34N2/c1-8-10-13-19-14-15(3)11-12-16(4)17(9-2)20-18(5,6)7/h9,14,19-20H,4,8,10-13H2,1-3,5-7H3/b15-14+,17-9+. The van der Waals surface area contributed by atoms with E-state index >= 15 is 0 Å². The van der Waals surface area contributed by atoms with Gasteiger partial charge in [-0.2, -0.15) is 0 Å². The van der Waals surface area contributed by atoms with E-state index in [1.165, 1.54) is 29.7 Å². The zero-order valence-corrected chi connectivity index (χ0v) is 14.4. The number of unbranched alkanes of at least 4 members (excludes halogenated alkanes) is 1. The van der Waals surface area contributed by atoms with Crippen LogP contribution in [-0.4, -0.2) is 12.1 Å². The van der Waals surface area contributed by atoms with Crippen molar-refractivity contribution in [1.82, 2.24) is 10.6 Å². The minimum Gasteiger partial charge on any atom is -0.391 e. The first-order chi connectivity index (χ1) is 9.30. The Balaban J connectivity index is 4.19. The molecule has 0 radical (unpaired) electrons. The van der Waals surface area contributed by atoms with E-state index < -0.39 is 0 Å². The molecule has 0 aliphatic carbocycles. The molecule has 0 atom stereocenters. The minimum atomic E-state index is 0.0807. The van der Waals surface area contributed by atoms with E-state index in [0.29, 0.717) is 0 Å². The Labute approximate surface area is 126 Å². The lowest BCUT2D eigenvalue weighted by atomic mass is 10.0. The van der Waals surface area contributed by atoms with Gasteiger partial charge in [0.05, 0.1) is 0 Å². The molecule has 0 rings (SSSR count). The van der Waals surface area contributed by atoms with Crippen molar-refractivity contribution in [2.45, 2.75) is 72.8 Å². The van der Waals surface area contributed by atoms with Gasteiger partial charge >= 0.3 is 0 Å². The average molecular weight is 278 g/mol. The van der Waals surface area contributed by atoms with Gasteiger partial charge in [-0.05, 0) is 65.7 Å². The molecule has 0 aromatic carbocycles. The maximum atomic E-state index is 4.21. The first-order valence-corrected chi connectivity index (χ1v) is 7.81. The van der Waals surface area contributed by atoms with Crippen LogP contribution in [-0.2, 0) is 0 Å². The topological polar surface area (TPSA) is 24.1 Å². The molecular weight excluding hydrogens is 244 g/mol. The molecule has 0 saturated carbocycles. The third kappa shape index (κ3) is 9.71. The van der Waals surface area contributed by atoms with E-state index in [0.717, 1.165) is 19.4 Å². The molecule has 2 heteroatoms.